The molecule has 0 saturated carbocycles. The Morgan fingerprint density at radius 3 is 2.53 bits per heavy atom. The van der Waals surface area contributed by atoms with Gasteiger partial charge in [-0.15, -0.1) is 0 Å². The van der Waals surface area contributed by atoms with E-state index in [9.17, 15) is 9.59 Å². The van der Waals surface area contributed by atoms with Crippen LogP contribution in [0.4, 0.5) is 0 Å². The summed E-state index contributed by atoms with van der Waals surface area (Å²) in [5.74, 6) is -0.870. The third-order valence-electron chi connectivity index (χ3n) is 1.93. The Morgan fingerprint density at radius 1 is 1.35 bits per heavy atom. The molecule has 0 saturated heterocycles. The molecule has 0 aromatic heterocycles. The third kappa shape index (κ3) is 3.68. The summed E-state index contributed by atoms with van der Waals surface area (Å²) in [7, 11) is 0. The van der Waals surface area contributed by atoms with Crippen molar-refractivity contribution in [3.63, 3.8) is 0 Å². The predicted molar refractivity (Wildman–Crippen MR) is 65.0 cm³/mol. The van der Waals surface area contributed by atoms with Gasteiger partial charge in [-0.2, -0.15) is 0 Å². The van der Waals surface area contributed by atoms with Crippen molar-refractivity contribution >= 4 is 17.3 Å². The summed E-state index contributed by atoms with van der Waals surface area (Å²) in [6.07, 6.45) is 1.48. The topological polar surface area (TPSA) is 55.7 Å². The van der Waals surface area contributed by atoms with Gasteiger partial charge in [0.15, 0.2) is 11.5 Å². The van der Waals surface area contributed by atoms with Gasteiger partial charge in [-0.05, 0) is 0 Å². The van der Waals surface area contributed by atoms with Gasteiger partial charge in [0.05, 0.1) is 0 Å². The van der Waals surface area contributed by atoms with Gasteiger partial charge < -0.3 is 4.84 Å². The molecule has 0 atom stereocenters. The molecule has 4 heteroatoms. The summed E-state index contributed by atoms with van der Waals surface area (Å²) in [6, 6.07) is 8.46. The monoisotopic (exact) mass is 231 g/mol. The van der Waals surface area contributed by atoms with Crippen molar-refractivity contribution in [3.05, 3.63) is 48.6 Å². The van der Waals surface area contributed by atoms with E-state index < -0.39 is 11.6 Å². The van der Waals surface area contributed by atoms with Gasteiger partial charge in [0, 0.05) is 12.5 Å². The second-order valence-electron chi connectivity index (χ2n) is 3.28. The number of Topliss-reactive ketones (excluding diaryl/α,β-unsaturated/α-hetero) is 2. The molecule has 0 aliphatic heterocycles. The minimum Gasteiger partial charge on any atom is -0.391 e. The molecule has 1 aromatic carbocycles. The number of carbonyl (C=O) groups excluding carboxylic acids is 2. The van der Waals surface area contributed by atoms with Crippen LogP contribution in [-0.4, -0.2) is 23.9 Å². The molecule has 0 unspecified atom stereocenters. The zero-order chi connectivity index (χ0) is 12.7. The summed E-state index contributed by atoms with van der Waals surface area (Å²) in [5, 5.41) is 3.54. The normalized spacial score (nSPS) is 10.8. The molecule has 0 fully saturated rings. The van der Waals surface area contributed by atoms with E-state index >= 15 is 0 Å². The van der Waals surface area contributed by atoms with E-state index in [1.807, 2.05) is 0 Å². The SMILES string of the molecule is C=CCO/N=C(\C(C)=O)C(=O)c1ccccc1. The van der Waals surface area contributed by atoms with Crippen LogP contribution in [0.15, 0.2) is 48.1 Å². The Bertz CT molecular complexity index is 449. The molecule has 0 amide bonds. The minimum absolute atomic E-state index is 0.152. The lowest BCUT2D eigenvalue weighted by atomic mass is 10.1. The molecule has 17 heavy (non-hydrogen) atoms. The molecule has 0 spiro atoms. The number of carbonyl (C=O) groups is 2. The van der Waals surface area contributed by atoms with Crippen molar-refractivity contribution in [2.45, 2.75) is 6.92 Å². The van der Waals surface area contributed by atoms with E-state index in [0.29, 0.717) is 5.56 Å². The summed E-state index contributed by atoms with van der Waals surface area (Å²) < 4.78 is 0. The summed E-state index contributed by atoms with van der Waals surface area (Å²) >= 11 is 0. The van der Waals surface area contributed by atoms with Crippen LogP contribution in [0.25, 0.3) is 0 Å². The van der Waals surface area contributed by atoms with Crippen molar-refractivity contribution in [1.82, 2.24) is 0 Å². The summed E-state index contributed by atoms with van der Waals surface area (Å²) in [6.45, 7) is 4.87. The smallest absolute Gasteiger partial charge is 0.218 e. The maximum absolute atomic E-state index is 11.9. The third-order valence-corrected chi connectivity index (χ3v) is 1.93. The van der Waals surface area contributed by atoms with Crippen LogP contribution in [0.5, 0.6) is 0 Å². The van der Waals surface area contributed by atoms with Crippen molar-refractivity contribution in [2.24, 2.45) is 5.16 Å². The van der Waals surface area contributed by atoms with E-state index in [-0.39, 0.29) is 12.3 Å². The first-order valence-corrected chi connectivity index (χ1v) is 5.08. The van der Waals surface area contributed by atoms with E-state index in [0.717, 1.165) is 0 Å². The number of hydrogen-bond donors (Lipinski definition) is 0. The average Bonchev–Trinajstić information content (AvgIpc) is 2.34. The standard InChI is InChI=1S/C13H13NO3/c1-3-9-17-14-12(10(2)15)13(16)11-7-5-4-6-8-11/h3-8H,1,9H2,2H3/b14-12+. The maximum atomic E-state index is 11.9. The maximum Gasteiger partial charge on any atom is 0.218 e. The largest absolute Gasteiger partial charge is 0.391 e. The highest BCUT2D eigenvalue weighted by Gasteiger charge is 2.19. The van der Waals surface area contributed by atoms with E-state index in [1.165, 1.54) is 13.0 Å². The first kappa shape index (κ1) is 12.8. The van der Waals surface area contributed by atoms with Crippen molar-refractivity contribution < 1.29 is 14.4 Å². The Labute approximate surface area is 99.6 Å². The number of nitrogens with zero attached hydrogens (tertiary/aromatic N) is 1. The molecule has 88 valence electrons. The van der Waals surface area contributed by atoms with Crippen molar-refractivity contribution in [3.8, 4) is 0 Å². The molecular weight excluding hydrogens is 218 g/mol. The Kier molecular flexibility index (Phi) is 4.81. The number of benzene rings is 1. The van der Waals surface area contributed by atoms with Gasteiger partial charge >= 0.3 is 0 Å². The first-order chi connectivity index (χ1) is 8.16. The lowest BCUT2D eigenvalue weighted by molar-refractivity contribution is -0.111. The van der Waals surface area contributed by atoms with Crippen LogP contribution < -0.4 is 0 Å². The van der Waals surface area contributed by atoms with Crippen LogP contribution in [0.2, 0.25) is 0 Å². The Balaban J connectivity index is 2.92. The van der Waals surface area contributed by atoms with Gasteiger partial charge in [-0.1, -0.05) is 48.1 Å². The first-order valence-electron chi connectivity index (χ1n) is 5.08. The number of hydrogen-bond acceptors (Lipinski definition) is 4. The predicted octanol–water partition coefficient (Wildman–Crippen LogP) is 2.02. The van der Waals surface area contributed by atoms with Crippen LogP contribution in [-0.2, 0) is 9.63 Å². The molecular formula is C13H13NO3. The van der Waals surface area contributed by atoms with Crippen LogP contribution in [0, 0.1) is 0 Å². The molecule has 0 N–H and O–H groups in total. The van der Waals surface area contributed by atoms with Crippen LogP contribution in [0.3, 0.4) is 0 Å². The summed E-state index contributed by atoms with van der Waals surface area (Å²) in [5.41, 5.74) is 0.196. The molecule has 0 aliphatic rings. The van der Waals surface area contributed by atoms with Gasteiger partial charge in [0.25, 0.3) is 0 Å². The quantitative estimate of drug-likeness (QED) is 0.188. The molecule has 1 aromatic rings. The van der Waals surface area contributed by atoms with Gasteiger partial charge in [0.2, 0.25) is 5.78 Å². The average molecular weight is 231 g/mol. The molecule has 0 heterocycles. The van der Waals surface area contributed by atoms with Crippen LogP contribution >= 0.6 is 0 Å². The summed E-state index contributed by atoms with van der Waals surface area (Å²) in [4.78, 5) is 28.0. The number of oxime groups is 1. The van der Waals surface area contributed by atoms with Crippen LogP contribution in [0.1, 0.15) is 17.3 Å². The number of rotatable bonds is 6. The highest BCUT2D eigenvalue weighted by Crippen LogP contribution is 2.03. The molecule has 4 nitrogen and oxygen atoms in total. The van der Waals surface area contributed by atoms with E-state index in [2.05, 4.69) is 11.7 Å². The van der Waals surface area contributed by atoms with E-state index in [4.69, 9.17) is 4.84 Å². The van der Waals surface area contributed by atoms with E-state index in [1.54, 1.807) is 30.3 Å². The molecule has 1 rings (SSSR count). The highest BCUT2D eigenvalue weighted by molar-refractivity contribution is 6.68. The highest BCUT2D eigenvalue weighted by atomic mass is 16.6. The minimum atomic E-state index is -0.442. The Hall–Kier alpha value is -2.23. The molecule has 0 bridgehead atoms. The molecule has 0 radical (unpaired) electrons. The fourth-order valence-corrected chi connectivity index (χ4v) is 1.15. The number of ketones is 2. The van der Waals surface area contributed by atoms with Gasteiger partial charge in [0.1, 0.15) is 6.61 Å². The fraction of sp³-hybridized carbons (Fsp3) is 0.154. The van der Waals surface area contributed by atoms with Gasteiger partial charge in [-0.3, -0.25) is 9.59 Å². The zero-order valence-electron chi connectivity index (χ0n) is 9.55. The second-order valence-corrected chi connectivity index (χ2v) is 3.28. The lowest BCUT2D eigenvalue weighted by Gasteiger charge is -2.01. The fourth-order valence-electron chi connectivity index (χ4n) is 1.15. The second kappa shape index (κ2) is 6.37. The van der Waals surface area contributed by atoms with Crippen molar-refractivity contribution in [2.75, 3.05) is 6.61 Å². The van der Waals surface area contributed by atoms with Crippen molar-refractivity contribution in [1.29, 1.82) is 0 Å². The molecule has 0 aliphatic carbocycles. The Morgan fingerprint density at radius 2 is 2.00 bits per heavy atom. The zero-order valence-corrected chi connectivity index (χ0v) is 9.55. The van der Waals surface area contributed by atoms with Gasteiger partial charge in [-0.25, -0.2) is 0 Å². The lowest BCUT2D eigenvalue weighted by Crippen LogP contribution is -2.22.